The Hall–Kier alpha value is -1.13. The zero-order valence-corrected chi connectivity index (χ0v) is 11.6. The molecule has 19 heavy (non-hydrogen) atoms. The molecule has 0 amide bonds. The lowest BCUT2D eigenvalue weighted by Crippen LogP contribution is -2.40. The van der Waals surface area contributed by atoms with Gasteiger partial charge in [0, 0.05) is 44.6 Å². The number of ether oxygens (including phenoxy) is 1. The second-order valence-corrected chi connectivity index (χ2v) is 4.90. The molecule has 1 aromatic carbocycles. The second-order valence-electron chi connectivity index (χ2n) is 4.90. The number of rotatable bonds is 6. The summed E-state index contributed by atoms with van der Waals surface area (Å²) in [5.74, 6) is -0.180. The van der Waals surface area contributed by atoms with Gasteiger partial charge in [-0.3, -0.25) is 0 Å². The molecule has 1 heterocycles. The molecular weight excluding hydrogens is 243 g/mol. The lowest BCUT2D eigenvalue weighted by molar-refractivity contribution is 0.0783. The van der Waals surface area contributed by atoms with Crippen molar-refractivity contribution in [2.45, 2.75) is 25.8 Å². The van der Waals surface area contributed by atoms with Crippen molar-refractivity contribution in [3.63, 3.8) is 0 Å². The maximum Gasteiger partial charge on any atom is 0.123 e. The summed E-state index contributed by atoms with van der Waals surface area (Å²) in [5.41, 5.74) is 1.08. The van der Waals surface area contributed by atoms with Crippen molar-refractivity contribution in [3.05, 3.63) is 30.1 Å². The summed E-state index contributed by atoms with van der Waals surface area (Å²) in [7, 11) is 0. The van der Waals surface area contributed by atoms with Crippen molar-refractivity contribution in [2.75, 3.05) is 37.7 Å². The predicted molar refractivity (Wildman–Crippen MR) is 76.1 cm³/mol. The first-order chi connectivity index (χ1) is 9.29. The molecule has 0 bridgehead atoms. The fraction of sp³-hybridized carbons (Fsp3) is 0.600. The summed E-state index contributed by atoms with van der Waals surface area (Å²) < 4.78 is 18.2. The molecule has 2 rings (SSSR count). The third kappa shape index (κ3) is 4.48. The summed E-state index contributed by atoms with van der Waals surface area (Å²) in [6.45, 7) is 6.69. The zero-order valence-electron chi connectivity index (χ0n) is 11.6. The van der Waals surface area contributed by atoms with Crippen LogP contribution in [0.1, 0.15) is 19.8 Å². The molecule has 1 fully saturated rings. The molecule has 0 saturated carbocycles. The number of likely N-dealkylation sites (N-methyl/N-ethyl adjacent to an activating group) is 1. The van der Waals surface area contributed by atoms with E-state index in [0.29, 0.717) is 6.04 Å². The Morgan fingerprint density at radius 2 is 1.95 bits per heavy atom. The third-order valence-electron chi connectivity index (χ3n) is 3.61. The van der Waals surface area contributed by atoms with Gasteiger partial charge in [0.2, 0.25) is 0 Å². The van der Waals surface area contributed by atoms with Crippen molar-refractivity contribution < 1.29 is 9.13 Å². The van der Waals surface area contributed by atoms with E-state index in [-0.39, 0.29) is 5.82 Å². The first kappa shape index (κ1) is 14.3. The topological polar surface area (TPSA) is 24.5 Å². The van der Waals surface area contributed by atoms with Crippen molar-refractivity contribution in [1.82, 2.24) is 5.32 Å². The molecule has 1 aliphatic rings. The van der Waals surface area contributed by atoms with Gasteiger partial charge in [0.15, 0.2) is 0 Å². The minimum atomic E-state index is -0.180. The van der Waals surface area contributed by atoms with E-state index in [1.807, 2.05) is 12.1 Å². The Morgan fingerprint density at radius 3 is 2.58 bits per heavy atom. The van der Waals surface area contributed by atoms with E-state index in [0.717, 1.165) is 51.4 Å². The molecule has 106 valence electrons. The molecule has 0 aliphatic carbocycles. The molecule has 4 heteroatoms. The fourth-order valence-corrected chi connectivity index (χ4v) is 2.43. The van der Waals surface area contributed by atoms with Crippen LogP contribution >= 0.6 is 0 Å². The zero-order chi connectivity index (χ0) is 13.5. The standard InChI is InChI=1S/C15H23FN2O/c1-2-18(15-5-3-13(16)4-6-15)10-9-17-14-7-11-19-12-8-14/h3-6,14,17H,2,7-12H2,1H3. The Kier molecular flexibility index (Phi) is 5.61. The van der Waals surface area contributed by atoms with Gasteiger partial charge >= 0.3 is 0 Å². The van der Waals surface area contributed by atoms with E-state index in [4.69, 9.17) is 4.74 Å². The van der Waals surface area contributed by atoms with Crippen LogP contribution < -0.4 is 10.2 Å². The van der Waals surface area contributed by atoms with Crippen LogP contribution in [0.4, 0.5) is 10.1 Å². The number of anilines is 1. The maximum atomic E-state index is 12.9. The first-order valence-corrected chi connectivity index (χ1v) is 7.11. The minimum Gasteiger partial charge on any atom is -0.381 e. The van der Waals surface area contributed by atoms with Gasteiger partial charge in [-0.1, -0.05) is 0 Å². The van der Waals surface area contributed by atoms with Crippen LogP contribution in [0.25, 0.3) is 0 Å². The highest BCUT2D eigenvalue weighted by Gasteiger charge is 2.13. The number of halogens is 1. The Morgan fingerprint density at radius 1 is 1.26 bits per heavy atom. The van der Waals surface area contributed by atoms with Gasteiger partial charge in [0.25, 0.3) is 0 Å². The van der Waals surface area contributed by atoms with Crippen LogP contribution in [-0.2, 0) is 4.74 Å². The number of nitrogens with zero attached hydrogens (tertiary/aromatic N) is 1. The Bertz CT molecular complexity index is 363. The van der Waals surface area contributed by atoms with Crippen molar-refractivity contribution in [1.29, 1.82) is 0 Å². The highest BCUT2D eigenvalue weighted by molar-refractivity contribution is 5.46. The Labute approximate surface area is 114 Å². The monoisotopic (exact) mass is 266 g/mol. The van der Waals surface area contributed by atoms with Crippen LogP contribution in [0.3, 0.4) is 0 Å². The van der Waals surface area contributed by atoms with E-state index >= 15 is 0 Å². The molecule has 0 radical (unpaired) electrons. The van der Waals surface area contributed by atoms with E-state index in [1.54, 1.807) is 0 Å². The van der Waals surface area contributed by atoms with Gasteiger partial charge in [-0.25, -0.2) is 4.39 Å². The fourth-order valence-electron chi connectivity index (χ4n) is 2.43. The summed E-state index contributed by atoms with van der Waals surface area (Å²) in [4.78, 5) is 2.26. The van der Waals surface area contributed by atoms with E-state index in [9.17, 15) is 4.39 Å². The number of hydrogen-bond donors (Lipinski definition) is 1. The van der Waals surface area contributed by atoms with Crippen LogP contribution in [0.15, 0.2) is 24.3 Å². The van der Waals surface area contributed by atoms with Gasteiger partial charge in [-0.15, -0.1) is 0 Å². The van der Waals surface area contributed by atoms with E-state index in [1.165, 1.54) is 12.1 Å². The number of benzene rings is 1. The smallest absolute Gasteiger partial charge is 0.123 e. The average molecular weight is 266 g/mol. The molecule has 0 atom stereocenters. The van der Waals surface area contributed by atoms with Crippen molar-refractivity contribution >= 4 is 5.69 Å². The van der Waals surface area contributed by atoms with Gasteiger partial charge in [0.1, 0.15) is 5.82 Å². The normalized spacial score (nSPS) is 16.5. The molecule has 0 aromatic heterocycles. The quantitative estimate of drug-likeness (QED) is 0.856. The highest BCUT2D eigenvalue weighted by Crippen LogP contribution is 2.14. The number of hydrogen-bond acceptors (Lipinski definition) is 3. The van der Waals surface area contributed by atoms with Gasteiger partial charge in [0.05, 0.1) is 0 Å². The molecule has 1 saturated heterocycles. The van der Waals surface area contributed by atoms with Crippen molar-refractivity contribution in [3.8, 4) is 0 Å². The molecule has 1 aromatic rings. The summed E-state index contributed by atoms with van der Waals surface area (Å²) in [6.07, 6.45) is 2.20. The highest BCUT2D eigenvalue weighted by atomic mass is 19.1. The summed E-state index contributed by atoms with van der Waals surface area (Å²) in [5, 5.41) is 3.57. The molecular formula is C15H23FN2O. The minimum absolute atomic E-state index is 0.180. The molecule has 1 aliphatic heterocycles. The molecule has 3 nitrogen and oxygen atoms in total. The van der Waals surface area contributed by atoms with Crippen molar-refractivity contribution in [2.24, 2.45) is 0 Å². The summed E-state index contributed by atoms with van der Waals surface area (Å²) >= 11 is 0. The second kappa shape index (κ2) is 7.46. The van der Waals surface area contributed by atoms with Crippen LogP contribution in [0, 0.1) is 5.82 Å². The SMILES string of the molecule is CCN(CCNC1CCOCC1)c1ccc(F)cc1. The van der Waals surface area contributed by atoms with Gasteiger partial charge in [-0.2, -0.15) is 0 Å². The number of nitrogens with one attached hydrogen (secondary N) is 1. The van der Waals surface area contributed by atoms with E-state index < -0.39 is 0 Å². The van der Waals surface area contributed by atoms with Gasteiger partial charge in [-0.05, 0) is 44.0 Å². The van der Waals surface area contributed by atoms with Gasteiger partial charge < -0.3 is 15.0 Å². The molecule has 0 spiro atoms. The lowest BCUT2D eigenvalue weighted by Gasteiger charge is -2.27. The Balaban J connectivity index is 1.77. The lowest BCUT2D eigenvalue weighted by atomic mass is 10.1. The van der Waals surface area contributed by atoms with Crippen LogP contribution in [0.2, 0.25) is 0 Å². The predicted octanol–water partition coefficient (Wildman–Crippen LogP) is 2.42. The summed E-state index contributed by atoms with van der Waals surface area (Å²) in [6, 6.07) is 7.30. The largest absolute Gasteiger partial charge is 0.381 e. The third-order valence-corrected chi connectivity index (χ3v) is 3.61. The first-order valence-electron chi connectivity index (χ1n) is 7.11. The molecule has 1 N–H and O–H groups in total. The van der Waals surface area contributed by atoms with Crippen LogP contribution in [0.5, 0.6) is 0 Å². The average Bonchev–Trinajstić information content (AvgIpc) is 2.46. The van der Waals surface area contributed by atoms with E-state index in [2.05, 4.69) is 17.1 Å². The molecule has 0 unspecified atom stereocenters. The maximum absolute atomic E-state index is 12.9. The van der Waals surface area contributed by atoms with Crippen LogP contribution in [-0.4, -0.2) is 38.9 Å².